The Hall–Kier alpha value is -0.720. The van der Waals surface area contributed by atoms with Gasteiger partial charge in [0, 0.05) is 9.35 Å². The summed E-state index contributed by atoms with van der Waals surface area (Å²) in [4.78, 5) is 0.425. The second-order valence-electron chi connectivity index (χ2n) is 3.38. The van der Waals surface area contributed by atoms with Crippen LogP contribution in [0, 0.1) is 5.82 Å². The predicted molar refractivity (Wildman–Crippen MR) is 69.3 cm³/mol. The lowest BCUT2D eigenvalue weighted by Crippen LogP contribution is -2.06. The molecule has 0 saturated carbocycles. The van der Waals surface area contributed by atoms with Gasteiger partial charge in [-0.3, -0.25) is 0 Å². The lowest BCUT2D eigenvalue weighted by molar-refractivity contribution is 0.566. The summed E-state index contributed by atoms with van der Waals surface area (Å²) in [5.74, 6) is -0.896. The molecule has 0 aliphatic heterocycles. The van der Waals surface area contributed by atoms with Gasteiger partial charge in [-0.05, 0) is 39.5 Å². The van der Waals surface area contributed by atoms with Crippen molar-refractivity contribution in [1.29, 1.82) is 0 Å². The van der Waals surface area contributed by atoms with E-state index in [-0.39, 0.29) is 10.6 Å². The number of thiophene rings is 1. The number of hydrogen-bond acceptors (Lipinski definition) is 3. The highest BCUT2D eigenvalue weighted by molar-refractivity contribution is 9.10. The second kappa shape index (κ2) is 4.88. The van der Waals surface area contributed by atoms with Crippen molar-refractivity contribution in [3.8, 4) is 0 Å². The molecule has 0 saturated heterocycles. The number of benzene rings is 1. The number of hydrogen-bond donors (Lipinski definition) is 0. The molecule has 1 aromatic heterocycles. The monoisotopic (exact) mass is 334 g/mol. The van der Waals surface area contributed by atoms with Crippen LogP contribution in [-0.2, 0) is 15.6 Å². The maximum atomic E-state index is 13.4. The zero-order valence-corrected chi connectivity index (χ0v) is 11.8. The van der Waals surface area contributed by atoms with E-state index >= 15 is 0 Å². The molecule has 0 N–H and O–H groups in total. The fourth-order valence-electron chi connectivity index (χ4n) is 1.38. The average molecular weight is 335 g/mol. The summed E-state index contributed by atoms with van der Waals surface area (Å²) in [5.41, 5.74) is 0. The van der Waals surface area contributed by atoms with E-state index in [1.807, 2.05) is 0 Å². The van der Waals surface area contributed by atoms with Crippen molar-refractivity contribution >= 4 is 37.1 Å². The topological polar surface area (TPSA) is 34.1 Å². The van der Waals surface area contributed by atoms with Crippen molar-refractivity contribution in [2.45, 2.75) is 10.6 Å². The molecule has 0 amide bonds. The molecule has 0 spiro atoms. The van der Waals surface area contributed by atoms with Crippen LogP contribution < -0.4 is 0 Å². The molecule has 0 radical (unpaired) electrons. The van der Waals surface area contributed by atoms with Gasteiger partial charge >= 0.3 is 0 Å². The van der Waals surface area contributed by atoms with E-state index in [1.54, 1.807) is 11.4 Å². The summed E-state index contributed by atoms with van der Waals surface area (Å²) in [6, 6.07) is 7.19. The lowest BCUT2D eigenvalue weighted by Gasteiger charge is -2.04. The molecule has 0 unspecified atom stereocenters. The van der Waals surface area contributed by atoms with Crippen molar-refractivity contribution in [1.82, 2.24) is 0 Å². The van der Waals surface area contributed by atoms with Crippen LogP contribution in [0.25, 0.3) is 0 Å². The molecular weight excluding hydrogens is 327 g/mol. The minimum atomic E-state index is -3.63. The quantitative estimate of drug-likeness (QED) is 0.858. The van der Waals surface area contributed by atoms with Crippen molar-refractivity contribution in [3.63, 3.8) is 0 Å². The Morgan fingerprint density at radius 3 is 2.53 bits per heavy atom. The van der Waals surface area contributed by atoms with E-state index in [4.69, 9.17) is 0 Å². The first-order valence-electron chi connectivity index (χ1n) is 4.70. The van der Waals surface area contributed by atoms with Gasteiger partial charge in [0.05, 0.1) is 5.75 Å². The van der Waals surface area contributed by atoms with Gasteiger partial charge in [-0.1, -0.05) is 12.1 Å². The minimum Gasteiger partial charge on any atom is -0.223 e. The smallest absolute Gasteiger partial charge is 0.186 e. The zero-order valence-electron chi connectivity index (χ0n) is 8.56. The highest BCUT2D eigenvalue weighted by Crippen LogP contribution is 2.27. The molecule has 0 bridgehead atoms. The third-order valence-electron chi connectivity index (χ3n) is 2.18. The Labute approximate surface area is 111 Å². The standard InChI is InChI=1S/C11H8BrFO2S2/c12-8-5-6-16-10(8)7-17(14,15)11-4-2-1-3-9(11)13/h1-6H,7H2. The fraction of sp³-hybridized carbons (Fsp3) is 0.0909. The van der Waals surface area contributed by atoms with Gasteiger partial charge in [0.1, 0.15) is 10.7 Å². The van der Waals surface area contributed by atoms with Gasteiger partial charge in [0.25, 0.3) is 0 Å². The fourth-order valence-corrected chi connectivity index (χ4v) is 4.88. The largest absolute Gasteiger partial charge is 0.223 e. The van der Waals surface area contributed by atoms with Crippen molar-refractivity contribution < 1.29 is 12.8 Å². The minimum absolute atomic E-state index is 0.188. The van der Waals surface area contributed by atoms with Crippen LogP contribution in [0.4, 0.5) is 4.39 Å². The van der Waals surface area contributed by atoms with Crippen LogP contribution in [-0.4, -0.2) is 8.42 Å². The van der Waals surface area contributed by atoms with Crippen molar-refractivity contribution in [3.05, 3.63) is 50.9 Å². The van der Waals surface area contributed by atoms with Crippen LogP contribution >= 0.6 is 27.3 Å². The Morgan fingerprint density at radius 1 is 1.24 bits per heavy atom. The molecule has 1 aromatic carbocycles. The normalized spacial score (nSPS) is 11.6. The van der Waals surface area contributed by atoms with Crippen LogP contribution in [0.3, 0.4) is 0 Å². The predicted octanol–water partition coefficient (Wildman–Crippen LogP) is 3.62. The summed E-state index contributed by atoms with van der Waals surface area (Å²) in [6.45, 7) is 0. The molecule has 0 aliphatic carbocycles. The molecule has 2 aromatic rings. The van der Waals surface area contributed by atoms with E-state index in [0.29, 0.717) is 4.88 Å². The lowest BCUT2D eigenvalue weighted by atomic mass is 10.3. The first-order chi connectivity index (χ1) is 8.00. The first-order valence-corrected chi connectivity index (χ1v) is 8.02. The first kappa shape index (κ1) is 12.7. The molecule has 0 fully saturated rings. The Bertz CT molecular complexity index is 634. The van der Waals surface area contributed by atoms with Crippen LogP contribution in [0.5, 0.6) is 0 Å². The second-order valence-corrected chi connectivity index (χ2v) is 7.19. The summed E-state index contributed by atoms with van der Waals surface area (Å²) in [7, 11) is -3.63. The molecule has 2 nitrogen and oxygen atoms in total. The zero-order chi connectivity index (χ0) is 12.5. The van der Waals surface area contributed by atoms with E-state index in [0.717, 1.165) is 10.5 Å². The summed E-state index contributed by atoms with van der Waals surface area (Å²) in [5, 5.41) is 1.79. The van der Waals surface area contributed by atoms with Gasteiger partial charge < -0.3 is 0 Å². The summed E-state index contributed by atoms with van der Waals surface area (Å²) >= 11 is 4.59. The third kappa shape index (κ3) is 2.75. The van der Waals surface area contributed by atoms with E-state index in [1.165, 1.54) is 29.5 Å². The highest BCUT2D eigenvalue weighted by Gasteiger charge is 2.20. The van der Waals surface area contributed by atoms with E-state index in [2.05, 4.69) is 15.9 Å². The molecule has 6 heteroatoms. The third-order valence-corrected chi connectivity index (χ3v) is 5.96. The Kier molecular flexibility index (Phi) is 3.65. The van der Waals surface area contributed by atoms with Gasteiger partial charge in [-0.15, -0.1) is 11.3 Å². The van der Waals surface area contributed by atoms with Crippen LogP contribution in [0.1, 0.15) is 4.88 Å². The molecule has 90 valence electrons. The molecule has 0 atom stereocenters. The van der Waals surface area contributed by atoms with Crippen LogP contribution in [0.15, 0.2) is 45.1 Å². The maximum absolute atomic E-state index is 13.4. The van der Waals surface area contributed by atoms with Crippen LogP contribution in [0.2, 0.25) is 0 Å². The van der Waals surface area contributed by atoms with Gasteiger partial charge in [-0.2, -0.15) is 0 Å². The molecule has 2 rings (SSSR count). The molecular formula is C11H8BrFO2S2. The Balaban J connectivity index is 2.39. The van der Waals surface area contributed by atoms with Gasteiger partial charge in [-0.25, -0.2) is 12.8 Å². The molecule has 17 heavy (non-hydrogen) atoms. The van der Waals surface area contributed by atoms with E-state index < -0.39 is 15.7 Å². The highest BCUT2D eigenvalue weighted by atomic mass is 79.9. The maximum Gasteiger partial charge on any atom is 0.186 e. The molecule has 0 aliphatic rings. The summed E-state index contributed by atoms with van der Waals surface area (Å²) < 4.78 is 38.2. The molecule has 1 heterocycles. The average Bonchev–Trinajstić information content (AvgIpc) is 2.64. The van der Waals surface area contributed by atoms with Gasteiger partial charge in [0.15, 0.2) is 9.84 Å². The van der Waals surface area contributed by atoms with E-state index in [9.17, 15) is 12.8 Å². The number of halogens is 2. The Morgan fingerprint density at radius 2 is 1.94 bits per heavy atom. The van der Waals surface area contributed by atoms with Crippen molar-refractivity contribution in [2.24, 2.45) is 0 Å². The van der Waals surface area contributed by atoms with Gasteiger partial charge in [0.2, 0.25) is 0 Å². The summed E-state index contributed by atoms with van der Waals surface area (Å²) in [6.07, 6.45) is 0. The number of rotatable bonds is 3. The SMILES string of the molecule is O=S(=O)(Cc1sccc1Br)c1ccccc1F. The number of sulfone groups is 1. The van der Waals surface area contributed by atoms with Crippen molar-refractivity contribution in [2.75, 3.05) is 0 Å².